The number of fused-ring (bicyclic) bond motifs is 1. The summed E-state index contributed by atoms with van der Waals surface area (Å²) >= 11 is 0. The molecule has 1 aromatic carbocycles. The molecule has 0 radical (unpaired) electrons. The smallest absolute Gasteiger partial charge is 0.255 e. The number of halogens is 1. The molecule has 23 heavy (non-hydrogen) atoms. The first-order valence-corrected chi connectivity index (χ1v) is 7.46. The van der Waals surface area contributed by atoms with E-state index in [0.717, 1.165) is 24.0 Å². The number of hydrogen-bond acceptors (Lipinski definition) is 3. The monoisotopic (exact) mass is 316 g/mol. The van der Waals surface area contributed by atoms with E-state index in [1.54, 1.807) is 13.0 Å². The predicted octanol–water partition coefficient (Wildman–Crippen LogP) is 2.34. The highest BCUT2D eigenvalue weighted by Crippen LogP contribution is 2.31. The molecule has 120 valence electrons. The Balaban J connectivity index is 1.62. The molecule has 2 amide bonds. The van der Waals surface area contributed by atoms with Crippen LogP contribution in [0.25, 0.3) is 0 Å². The number of nitrogens with one attached hydrogen (secondary N) is 2. The van der Waals surface area contributed by atoms with Crippen molar-refractivity contribution >= 4 is 11.8 Å². The van der Waals surface area contributed by atoms with Crippen LogP contribution >= 0.6 is 0 Å². The molecular weight excluding hydrogens is 299 g/mol. The van der Waals surface area contributed by atoms with Gasteiger partial charge in [0.05, 0.1) is 17.9 Å². The van der Waals surface area contributed by atoms with Gasteiger partial charge in [0.1, 0.15) is 18.1 Å². The summed E-state index contributed by atoms with van der Waals surface area (Å²) in [7, 11) is 0. The standard InChI is InChI=1S/C17H17FN2O3/c1-10(19-17(22)12-6-7-23-9-12)16(21)20-15-5-3-11-2-4-13(18)8-14(11)15/h2,4,6-10,15H,3,5H2,1H3,(H,19,22)(H,20,21). The van der Waals surface area contributed by atoms with Gasteiger partial charge in [-0.2, -0.15) is 0 Å². The van der Waals surface area contributed by atoms with Crippen molar-refractivity contribution in [1.82, 2.24) is 10.6 Å². The lowest BCUT2D eigenvalue weighted by atomic mass is 10.1. The molecule has 0 spiro atoms. The number of carbonyl (C=O) groups is 2. The summed E-state index contributed by atoms with van der Waals surface area (Å²) < 4.78 is 18.2. The molecule has 5 nitrogen and oxygen atoms in total. The van der Waals surface area contributed by atoms with Gasteiger partial charge in [-0.1, -0.05) is 6.07 Å². The number of carbonyl (C=O) groups excluding carboxylic acids is 2. The topological polar surface area (TPSA) is 71.3 Å². The third-order valence-electron chi connectivity index (χ3n) is 4.03. The number of hydrogen-bond donors (Lipinski definition) is 2. The maximum Gasteiger partial charge on any atom is 0.255 e. The highest BCUT2D eigenvalue weighted by Gasteiger charge is 2.26. The van der Waals surface area contributed by atoms with E-state index >= 15 is 0 Å². The van der Waals surface area contributed by atoms with Crippen molar-refractivity contribution in [2.45, 2.75) is 31.8 Å². The van der Waals surface area contributed by atoms with Crippen LogP contribution < -0.4 is 10.6 Å². The van der Waals surface area contributed by atoms with E-state index in [9.17, 15) is 14.0 Å². The van der Waals surface area contributed by atoms with Crippen LogP contribution in [0.4, 0.5) is 4.39 Å². The van der Waals surface area contributed by atoms with E-state index in [0.29, 0.717) is 5.56 Å². The molecule has 0 saturated carbocycles. The first-order chi connectivity index (χ1) is 11.0. The summed E-state index contributed by atoms with van der Waals surface area (Å²) in [5, 5.41) is 5.48. The fraction of sp³-hybridized carbons (Fsp3) is 0.294. The molecule has 0 bridgehead atoms. The van der Waals surface area contributed by atoms with Crippen molar-refractivity contribution in [3.05, 3.63) is 59.3 Å². The zero-order valence-corrected chi connectivity index (χ0v) is 12.6. The molecule has 2 atom stereocenters. The van der Waals surface area contributed by atoms with Crippen molar-refractivity contribution in [1.29, 1.82) is 0 Å². The molecule has 6 heteroatoms. The maximum absolute atomic E-state index is 13.4. The van der Waals surface area contributed by atoms with Crippen LogP contribution in [-0.2, 0) is 11.2 Å². The third-order valence-corrected chi connectivity index (χ3v) is 4.03. The second kappa shape index (κ2) is 6.24. The summed E-state index contributed by atoms with van der Waals surface area (Å²) in [6, 6.07) is 5.24. The zero-order chi connectivity index (χ0) is 16.4. The van der Waals surface area contributed by atoms with Gasteiger partial charge in [-0.15, -0.1) is 0 Å². The Kier molecular flexibility index (Phi) is 4.14. The normalized spacial score (nSPS) is 17.4. The van der Waals surface area contributed by atoms with Crippen LogP contribution in [0, 0.1) is 5.82 Å². The van der Waals surface area contributed by atoms with E-state index in [1.807, 2.05) is 0 Å². The van der Waals surface area contributed by atoms with Crippen LogP contribution in [0.1, 0.15) is 40.9 Å². The summed E-state index contributed by atoms with van der Waals surface area (Å²) in [4.78, 5) is 24.2. The van der Waals surface area contributed by atoms with Crippen LogP contribution in [-0.4, -0.2) is 17.9 Å². The Morgan fingerprint density at radius 2 is 2.17 bits per heavy atom. The number of amides is 2. The minimum absolute atomic E-state index is 0.221. The number of aryl methyl sites for hydroxylation is 1. The first-order valence-electron chi connectivity index (χ1n) is 7.46. The fourth-order valence-corrected chi connectivity index (χ4v) is 2.76. The van der Waals surface area contributed by atoms with E-state index in [4.69, 9.17) is 4.42 Å². The second-order valence-electron chi connectivity index (χ2n) is 5.65. The SMILES string of the molecule is CC(NC(=O)c1ccoc1)C(=O)NC1CCc2ccc(F)cc21. The van der Waals surface area contributed by atoms with Crippen molar-refractivity contribution in [3.63, 3.8) is 0 Å². The molecule has 3 rings (SSSR count). The molecular formula is C17H17FN2O3. The lowest BCUT2D eigenvalue weighted by molar-refractivity contribution is -0.123. The van der Waals surface area contributed by atoms with Crippen LogP contribution in [0.15, 0.2) is 41.2 Å². The van der Waals surface area contributed by atoms with E-state index in [-0.39, 0.29) is 23.7 Å². The van der Waals surface area contributed by atoms with Gasteiger partial charge in [0.25, 0.3) is 5.91 Å². The number of furan rings is 1. The van der Waals surface area contributed by atoms with Crippen LogP contribution in [0.3, 0.4) is 0 Å². The van der Waals surface area contributed by atoms with Crippen molar-refractivity contribution in [3.8, 4) is 0 Å². The average Bonchev–Trinajstić information content (AvgIpc) is 3.17. The second-order valence-corrected chi connectivity index (χ2v) is 5.65. The largest absolute Gasteiger partial charge is 0.472 e. The molecule has 2 unspecified atom stereocenters. The quantitative estimate of drug-likeness (QED) is 0.909. The summed E-state index contributed by atoms with van der Waals surface area (Å²) in [6.45, 7) is 1.61. The minimum Gasteiger partial charge on any atom is -0.472 e. The first kappa shape index (κ1) is 15.3. The Hall–Kier alpha value is -2.63. The van der Waals surface area contributed by atoms with Gasteiger partial charge in [0.2, 0.25) is 5.91 Å². The number of rotatable bonds is 4. The van der Waals surface area contributed by atoms with Crippen molar-refractivity contribution < 1.29 is 18.4 Å². The Bertz CT molecular complexity index is 727. The summed E-state index contributed by atoms with van der Waals surface area (Å²) in [5.74, 6) is -0.991. The summed E-state index contributed by atoms with van der Waals surface area (Å²) in [6.07, 6.45) is 4.24. The van der Waals surface area contributed by atoms with E-state index in [1.165, 1.54) is 30.7 Å². The molecule has 0 aliphatic heterocycles. The lowest BCUT2D eigenvalue weighted by Gasteiger charge is -2.18. The van der Waals surface area contributed by atoms with Gasteiger partial charge in [-0.05, 0) is 49.1 Å². The fourth-order valence-electron chi connectivity index (χ4n) is 2.76. The van der Waals surface area contributed by atoms with E-state index < -0.39 is 6.04 Å². The summed E-state index contributed by atoms with van der Waals surface area (Å²) in [5.41, 5.74) is 2.22. The molecule has 1 aromatic heterocycles. The van der Waals surface area contributed by atoms with Gasteiger partial charge < -0.3 is 15.1 Å². The molecule has 2 aromatic rings. The van der Waals surface area contributed by atoms with Gasteiger partial charge >= 0.3 is 0 Å². The van der Waals surface area contributed by atoms with Crippen LogP contribution in [0.2, 0.25) is 0 Å². The Labute approximate surface area is 132 Å². The van der Waals surface area contributed by atoms with Gasteiger partial charge in [0.15, 0.2) is 0 Å². The van der Waals surface area contributed by atoms with Gasteiger partial charge in [-0.25, -0.2) is 4.39 Å². The zero-order valence-electron chi connectivity index (χ0n) is 12.6. The third kappa shape index (κ3) is 3.26. The van der Waals surface area contributed by atoms with E-state index in [2.05, 4.69) is 10.6 Å². The molecule has 1 aliphatic carbocycles. The minimum atomic E-state index is -0.699. The maximum atomic E-state index is 13.4. The molecule has 1 aliphatic rings. The molecule has 0 fully saturated rings. The van der Waals surface area contributed by atoms with Crippen molar-refractivity contribution in [2.75, 3.05) is 0 Å². The predicted molar refractivity (Wildman–Crippen MR) is 81.2 cm³/mol. The molecule has 1 heterocycles. The lowest BCUT2D eigenvalue weighted by Crippen LogP contribution is -2.45. The molecule has 2 N–H and O–H groups in total. The van der Waals surface area contributed by atoms with Gasteiger partial charge in [-0.3, -0.25) is 9.59 Å². The van der Waals surface area contributed by atoms with Crippen LogP contribution in [0.5, 0.6) is 0 Å². The average molecular weight is 316 g/mol. The van der Waals surface area contributed by atoms with Crippen molar-refractivity contribution in [2.24, 2.45) is 0 Å². The highest BCUT2D eigenvalue weighted by molar-refractivity contribution is 5.97. The number of benzene rings is 1. The highest BCUT2D eigenvalue weighted by atomic mass is 19.1. The Morgan fingerprint density at radius 1 is 1.35 bits per heavy atom. The Morgan fingerprint density at radius 3 is 2.91 bits per heavy atom. The van der Waals surface area contributed by atoms with Gasteiger partial charge in [0, 0.05) is 0 Å². The molecule has 0 saturated heterocycles.